The number of fused-ring (bicyclic) bond motifs is 2. The van der Waals surface area contributed by atoms with Gasteiger partial charge >= 0.3 is 103 Å². The van der Waals surface area contributed by atoms with Crippen molar-refractivity contribution in [1.82, 2.24) is 0 Å². The molecule has 0 spiro atoms. The summed E-state index contributed by atoms with van der Waals surface area (Å²) < 4.78 is 21.8. The first kappa shape index (κ1) is 16.7. The molecule has 0 saturated carbocycles. The molecule has 1 radical (unpaired) electrons. The molecule has 1 aliphatic rings. The third-order valence-electron chi connectivity index (χ3n) is 2.54. The third-order valence-corrected chi connectivity index (χ3v) is 5.46. The summed E-state index contributed by atoms with van der Waals surface area (Å²) >= 11 is 0.102. The number of rotatable bonds is 2. The fraction of sp³-hybridized carbons (Fsp3) is 0.0714. The van der Waals surface area contributed by atoms with E-state index in [1.165, 1.54) is 8.70 Å². The fourth-order valence-electron chi connectivity index (χ4n) is 1.64. The van der Waals surface area contributed by atoms with Crippen molar-refractivity contribution in [3.8, 4) is 11.5 Å². The molecule has 3 rings (SSSR count). The van der Waals surface area contributed by atoms with Crippen LogP contribution in [0.1, 0.15) is 0 Å². The van der Waals surface area contributed by atoms with Crippen molar-refractivity contribution < 1.29 is 23.5 Å². The topological polar surface area (TPSA) is 98.9 Å². The average Bonchev–Trinajstić information content (AvgIpc) is 2.52. The van der Waals surface area contributed by atoms with Gasteiger partial charge in [-0.2, -0.15) is 4.52 Å². The summed E-state index contributed by atoms with van der Waals surface area (Å²) in [5.74, 6) is 1.19. The van der Waals surface area contributed by atoms with Gasteiger partial charge in [0.2, 0.25) is 0 Å². The molecule has 1 heterocycles. The van der Waals surface area contributed by atoms with Crippen molar-refractivity contribution in [3.63, 3.8) is 0 Å². The average molecular weight is 381 g/mol. The molecule has 2 aromatic rings. The van der Waals surface area contributed by atoms with Crippen molar-refractivity contribution in [3.05, 3.63) is 48.5 Å². The molecule has 0 aromatic heterocycles. The first-order valence-electron chi connectivity index (χ1n) is 6.25. The van der Waals surface area contributed by atoms with Crippen LogP contribution in [0.2, 0.25) is 0 Å². The van der Waals surface area contributed by atoms with E-state index in [0.29, 0.717) is 0 Å². The van der Waals surface area contributed by atoms with Gasteiger partial charge in [-0.3, -0.25) is 0 Å². The van der Waals surface area contributed by atoms with Crippen molar-refractivity contribution in [2.24, 2.45) is 5.73 Å². The summed E-state index contributed by atoms with van der Waals surface area (Å²) in [4.78, 5) is 17.8. The molecule has 0 fully saturated rings. The molecule has 0 aliphatic carbocycles. The fourth-order valence-corrected chi connectivity index (χ4v) is 4.08. The number of ether oxygens (including phenoxy) is 1. The minimum atomic E-state index is -2.83. The standard InChI is InChI=1S/C12H8AsO.C2H4NO4P/c1-3-7-11-9(5-1)13-10-6-2-4-8-12(10)14-11;3-1-2(4)7-8(5)6/h1-8H;1,3H2/p+1. The van der Waals surface area contributed by atoms with Crippen molar-refractivity contribution in [1.29, 1.82) is 0 Å². The molecule has 1 atom stereocenters. The normalized spacial score (nSPS) is 11.8. The van der Waals surface area contributed by atoms with Gasteiger partial charge in [0.1, 0.15) is 0 Å². The maximum atomic E-state index is 9.93. The summed E-state index contributed by atoms with van der Waals surface area (Å²) in [5.41, 5.74) is 4.71. The van der Waals surface area contributed by atoms with Crippen molar-refractivity contribution >= 4 is 38.7 Å². The van der Waals surface area contributed by atoms with Gasteiger partial charge in [-0.1, -0.05) is 0 Å². The maximum absolute atomic E-state index is 9.93. The van der Waals surface area contributed by atoms with Crippen LogP contribution in [0.25, 0.3) is 0 Å². The molecule has 6 nitrogen and oxygen atoms in total. The first-order chi connectivity index (χ1) is 10.6. The molecule has 3 N–H and O–H groups in total. The number of carbonyl (C=O) groups is 1. The van der Waals surface area contributed by atoms with Crippen molar-refractivity contribution in [2.45, 2.75) is 0 Å². The molecule has 8 heteroatoms. The quantitative estimate of drug-likeness (QED) is 0.498. The van der Waals surface area contributed by atoms with Crippen LogP contribution in [-0.2, 0) is 13.9 Å². The van der Waals surface area contributed by atoms with Gasteiger partial charge in [-0.25, -0.2) is 4.79 Å². The molecule has 2 aromatic carbocycles. The Hall–Kier alpha value is -1.71. The van der Waals surface area contributed by atoms with Crippen LogP contribution in [0.3, 0.4) is 0 Å². The molecule has 22 heavy (non-hydrogen) atoms. The van der Waals surface area contributed by atoms with Gasteiger partial charge in [-0.15, -0.1) is 4.89 Å². The van der Waals surface area contributed by atoms with Crippen LogP contribution in [0.5, 0.6) is 11.5 Å². The molecule has 1 unspecified atom stereocenters. The van der Waals surface area contributed by atoms with Crippen LogP contribution in [0.15, 0.2) is 48.5 Å². The number of benzene rings is 2. The summed E-state index contributed by atoms with van der Waals surface area (Å²) in [6.07, 6.45) is 0. The zero-order valence-electron chi connectivity index (χ0n) is 11.4. The Bertz CT molecular complexity index is 607. The monoisotopic (exact) mass is 381 g/mol. The summed E-state index contributed by atoms with van der Waals surface area (Å²) in [7, 11) is -2.83. The van der Waals surface area contributed by atoms with E-state index in [1.807, 2.05) is 24.3 Å². The molecule has 1 aliphatic heterocycles. The summed E-state index contributed by atoms with van der Waals surface area (Å²) in [5, 5.41) is 0. The molecular weight excluding hydrogens is 368 g/mol. The van der Waals surface area contributed by atoms with Crippen LogP contribution in [-0.4, -0.2) is 33.2 Å². The Morgan fingerprint density at radius 3 is 2.05 bits per heavy atom. The van der Waals surface area contributed by atoms with E-state index in [9.17, 15) is 9.36 Å². The Morgan fingerprint density at radius 1 is 1.14 bits per heavy atom. The Balaban J connectivity index is 0.000000192. The molecular formula is C14H13AsNO5P+. The number of carbonyl (C=O) groups excluding carboxylic acids is 1. The van der Waals surface area contributed by atoms with E-state index in [1.54, 1.807) is 0 Å². The van der Waals surface area contributed by atoms with Gasteiger partial charge in [-0.05, 0) is 0 Å². The Kier molecular flexibility index (Phi) is 6.10. The number of para-hydroxylation sites is 2. The summed E-state index contributed by atoms with van der Waals surface area (Å²) in [6, 6.07) is 16.6. The second-order valence-corrected chi connectivity index (χ2v) is 7.20. The molecule has 113 valence electrons. The molecule has 0 bridgehead atoms. The van der Waals surface area contributed by atoms with Gasteiger partial charge in [0.15, 0.2) is 0 Å². The van der Waals surface area contributed by atoms with Crippen molar-refractivity contribution in [2.75, 3.05) is 6.54 Å². The number of hydrogen-bond donors (Lipinski definition) is 2. The summed E-state index contributed by atoms with van der Waals surface area (Å²) in [6.45, 7) is -0.373. The second-order valence-electron chi connectivity index (χ2n) is 4.05. The SMILES string of the molecule is NCC(=O)O[P+](=O)O.c1ccc2c(c1)Oc1ccccc1[As]2. The van der Waals surface area contributed by atoms with E-state index in [-0.39, 0.29) is 22.3 Å². The van der Waals surface area contributed by atoms with E-state index >= 15 is 0 Å². The minimum absolute atomic E-state index is 0.102. The van der Waals surface area contributed by atoms with Gasteiger partial charge in [0.25, 0.3) is 0 Å². The second kappa shape index (κ2) is 8.06. The van der Waals surface area contributed by atoms with Gasteiger partial charge in [0.05, 0.1) is 6.54 Å². The van der Waals surface area contributed by atoms with E-state index in [2.05, 4.69) is 28.8 Å². The van der Waals surface area contributed by atoms with Gasteiger partial charge < -0.3 is 5.73 Å². The Morgan fingerprint density at radius 2 is 1.64 bits per heavy atom. The predicted molar refractivity (Wildman–Crippen MR) is 83.0 cm³/mol. The predicted octanol–water partition coefficient (Wildman–Crippen LogP) is 0.585. The van der Waals surface area contributed by atoms with Crippen LogP contribution < -0.4 is 19.2 Å². The zero-order valence-corrected chi connectivity index (χ0v) is 14.1. The van der Waals surface area contributed by atoms with E-state index in [0.717, 1.165) is 11.5 Å². The number of nitrogens with two attached hydrogens (primary N) is 1. The van der Waals surface area contributed by atoms with Crippen LogP contribution >= 0.6 is 8.25 Å². The molecule has 0 saturated heterocycles. The van der Waals surface area contributed by atoms with Crippen LogP contribution in [0, 0.1) is 0 Å². The van der Waals surface area contributed by atoms with E-state index < -0.39 is 14.2 Å². The number of hydrogen-bond acceptors (Lipinski definition) is 5. The first-order valence-corrected chi connectivity index (χ1v) is 9.25. The van der Waals surface area contributed by atoms with Gasteiger partial charge in [0, 0.05) is 4.57 Å². The van der Waals surface area contributed by atoms with E-state index in [4.69, 9.17) is 15.4 Å². The zero-order chi connectivity index (χ0) is 15.9. The Labute approximate surface area is 134 Å². The van der Waals surface area contributed by atoms with Crippen LogP contribution in [0.4, 0.5) is 0 Å². The molecule has 0 amide bonds. The third kappa shape index (κ3) is 4.65.